The van der Waals surface area contributed by atoms with Crippen LogP contribution in [0, 0.1) is 0 Å². The van der Waals surface area contributed by atoms with Crippen LogP contribution in [-0.4, -0.2) is 45.9 Å². The Labute approximate surface area is 218 Å². The monoisotopic (exact) mass is 516 g/mol. The number of carbonyl (C=O) groups is 2. The number of hydrogen-bond acceptors (Lipinski definition) is 6. The van der Waals surface area contributed by atoms with Gasteiger partial charge in [-0.1, -0.05) is 48.6 Å². The third kappa shape index (κ3) is 3.85. The van der Waals surface area contributed by atoms with Gasteiger partial charge in [0.15, 0.2) is 0 Å². The molecule has 36 heavy (non-hydrogen) atoms. The first-order chi connectivity index (χ1) is 17.4. The summed E-state index contributed by atoms with van der Waals surface area (Å²) in [7, 11) is 1.68. The summed E-state index contributed by atoms with van der Waals surface area (Å²) in [5.41, 5.74) is 4.64. The highest BCUT2D eigenvalue weighted by Crippen LogP contribution is 2.53. The van der Waals surface area contributed by atoms with E-state index in [2.05, 4.69) is 47.4 Å². The van der Waals surface area contributed by atoms with Gasteiger partial charge >= 0.3 is 5.97 Å². The SMILES string of the molecule is COc1ccc2cc(N3c4ccc(/C=C5\SC(=S)N(CC(=O)O)C5=O)cc4[C@@H]4CCC[C@@H]43)ccc2c1. The van der Waals surface area contributed by atoms with Crippen LogP contribution in [-0.2, 0) is 9.59 Å². The minimum Gasteiger partial charge on any atom is -0.497 e. The summed E-state index contributed by atoms with van der Waals surface area (Å²) in [6.45, 7) is -0.413. The first-order valence-corrected chi connectivity index (χ1v) is 13.1. The lowest BCUT2D eigenvalue weighted by atomic mass is 9.96. The van der Waals surface area contributed by atoms with Crippen molar-refractivity contribution in [2.24, 2.45) is 0 Å². The van der Waals surface area contributed by atoms with Crippen molar-refractivity contribution in [1.82, 2.24) is 4.90 Å². The third-order valence-electron chi connectivity index (χ3n) is 7.30. The highest BCUT2D eigenvalue weighted by atomic mass is 32.2. The van der Waals surface area contributed by atoms with Crippen molar-refractivity contribution in [3.63, 3.8) is 0 Å². The summed E-state index contributed by atoms with van der Waals surface area (Å²) in [6, 6.07) is 19.5. The van der Waals surface area contributed by atoms with Gasteiger partial charge in [0.2, 0.25) is 0 Å². The number of amides is 1. The Morgan fingerprint density at radius 1 is 1.14 bits per heavy atom. The maximum atomic E-state index is 12.7. The van der Waals surface area contributed by atoms with E-state index in [1.807, 2.05) is 18.2 Å². The van der Waals surface area contributed by atoms with Gasteiger partial charge in [-0.05, 0) is 77.2 Å². The molecule has 2 aliphatic heterocycles. The zero-order valence-corrected chi connectivity index (χ0v) is 21.3. The Bertz CT molecular complexity index is 1470. The fourth-order valence-electron chi connectivity index (χ4n) is 5.71. The van der Waals surface area contributed by atoms with Crippen LogP contribution in [0.15, 0.2) is 59.5 Å². The molecule has 3 aromatic rings. The molecule has 1 aliphatic carbocycles. The summed E-state index contributed by atoms with van der Waals surface area (Å²) >= 11 is 6.40. The van der Waals surface area contributed by atoms with Crippen molar-refractivity contribution < 1.29 is 19.4 Å². The van der Waals surface area contributed by atoms with E-state index in [0.29, 0.717) is 16.9 Å². The van der Waals surface area contributed by atoms with Crippen LogP contribution < -0.4 is 9.64 Å². The standard InChI is InChI=1S/C28H24N2O4S2/c1-34-20-9-7-17-13-19(8-6-18(17)14-20)30-23-4-2-3-21(23)22-11-16(5-10-24(22)30)12-25-27(33)29(15-26(31)32)28(35)36-25/h5-14,21,23H,2-4,15H2,1H3,(H,31,32)/b25-12-/t21-,23-/m0/s1. The van der Waals surface area contributed by atoms with E-state index in [0.717, 1.165) is 46.2 Å². The first kappa shape index (κ1) is 23.1. The molecule has 3 aliphatic rings. The fraction of sp³-hybridized carbons (Fsp3) is 0.250. The van der Waals surface area contributed by atoms with Gasteiger partial charge in [-0.15, -0.1) is 0 Å². The molecular formula is C28H24N2O4S2. The predicted octanol–water partition coefficient (Wildman–Crippen LogP) is 5.92. The summed E-state index contributed by atoms with van der Waals surface area (Å²) in [5, 5.41) is 11.4. The Kier molecular flexibility index (Phi) is 5.73. The summed E-state index contributed by atoms with van der Waals surface area (Å²) in [4.78, 5) is 27.9. The molecule has 6 rings (SSSR count). The number of anilines is 2. The smallest absolute Gasteiger partial charge is 0.323 e. The van der Waals surface area contributed by atoms with Crippen LogP contribution in [0.1, 0.15) is 36.3 Å². The first-order valence-electron chi connectivity index (χ1n) is 11.9. The average Bonchev–Trinajstić information content (AvgIpc) is 3.53. The highest BCUT2D eigenvalue weighted by Gasteiger charge is 2.42. The molecule has 1 saturated heterocycles. The van der Waals surface area contributed by atoms with Crippen molar-refractivity contribution in [2.45, 2.75) is 31.2 Å². The molecule has 6 nitrogen and oxygen atoms in total. The number of thiocarbonyl (C=S) groups is 1. The molecule has 0 aromatic heterocycles. The molecule has 1 N–H and O–H groups in total. The summed E-state index contributed by atoms with van der Waals surface area (Å²) < 4.78 is 5.66. The summed E-state index contributed by atoms with van der Waals surface area (Å²) in [5.74, 6) is -0.127. The molecule has 1 saturated carbocycles. The second-order valence-corrected chi connectivity index (χ2v) is 11.0. The molecule has 8 heteroatoms. The molecular weight excluding hydrogens is 492 g/mol. The number of carboxylic acids is 1. The molecule has 2 fully saturated rings. The molecule has 3 aromatic carbocycles. The van der Waals surface area contributed by atoms with Gasteiger partial charge in [0.05, 0.1) is 12.0 Å². The van der Waals surface area contributed by atoms with Gasteiger partial charge in [0.1, 0.15) is 16.6 Å². The van der Waals surface area contributed by atoms with Gasteiger partial charge < -0.3 is 14.7 Å². The second kappa shape index (κ2) is 8.94. The van der Waals surface area contributed by atoms with E-state index >= 15 is 0 Å². The minimum absolute atomic E-state index is 0.283. The number of ether oxygens (including phenoxy) is 1. The van der Waals surface area contributed by atoms with E-state index in [1.165, 1.54) is 28.7 Å². The number of rotatable bonds is 5. The van der Waals surface area contributed by atoms with Gasteiger partial charge in [-0.2, -0.15) is 0 Å². The number of nitrogens with zero attached hydrogens (tertiary/aromatic N) is 2. The van der Waals surface area contributed by atoms with Crippen LogP contribution in [0.25, 0.3) is 16.8 Å². The Morgan fingerprint density at radius 2 is 1.94 bits per heavy atom. The highest BCUT2D eigenvalue weighted by molar-refractivity contribution is 8.26. The lowest BCUT2D eigenvalue weighted by Gasteiger charge is -2.27. The number of hydrogen-bond donors (Lipinski definition) is 1. The average molecular weight is 517 g/mol. The summed E-state index contributed by atoms with van der Waals surface area (Å²) in [6.07, 6.45) is 5.30. The van der Waals surface area contributed by atoms with E-state index in [9.17, 15) is 9.59 Å². The molecule has 182 valence electrons. The van der Waals surface area contributed by atoms with Crippen molar-refractivity contribution in [3.05, 3.63) is 70.6 Å². The van der Waals surface area contributed by atoms with Crippen molar-refractivity contribution in [3.8, 4) is 5.75 Å². The van der Waals surface area contributed by atoms with Crippen LogP contribution in [0.3, 0.4) is 0 Å². The largest absolute Gasteiger partial charge is 0.497 e. The van der Waals surface area contributed by atoms with Gasteiger partial charge in [-0.25, -0.2) is 0 Å². The topological polar surface area (TPSA) is 70.1 Å². The lowest BCUT2D eigenvalue weighted by Crippen LogP contribution is -2.33. The molecule has 0 unspecified atom stereocenters. The number of carboxylic acid groups (broad SMARTS) is 1. The van der Waals surface area contributed by atoms with Gasteiger partial charge in [0, 0.05) is 23.3 Å². The quantitative estimate of drug-likeness (QED) is 0.333. The maximum Gasteiger partial charge on any atom is 0.323 e. The predicted molar refractivity (Wildman–Crippen MR) is 147 cm³/mol. The number of aliphatic carboxylic acids is 1. The lowest BCUT2D eigenvalue weighted by molar-refractivity contribution is -0.140. The fourth-order valence-corrected chi connectivity index (χ4v) is 6.97. The van der Waals surface area contributed by atoms with E-state index in [4.69, 9.17) is 22.1 Å². The number of fused-ring (bicyclic) bond motifs is 4. The number of thioether (sulfide) groups is 1. The van der Waals surface area contributed by atoms with Crippen molar-refractivity contribution >= 4 is 68.4 Å². The Hall–Kier alpha value is -3.36. The van der Waals surface area contributed by atoms with E-state index in [-0.39, 0.29) is 10.2 Å². The van der Waals surface area contributed by atoms with Crippen LogP contribution >= 0.6 is 24.0 Å². The zero-order valence-electron chi connectivity index (χ0n) is 19.6. The molecule has 2 heterocycles. The Morgan fingerprint density at radius 3 is 2.75 bits per heavy atom. The van der Waals surface area contributed by atoms with Gasteiger partial charge in [0.25, 0.3) is 5.91 Å². The molecule has 2 atom stereocenters. The van der Waals surface area contributed by atoms with Crippen LogP contribution in [0.2, 0.25) is 0 Å². The molecule has 0 radical (unpaired) electrons. The van der Waals surface area contributed by atoms with Crippen molar-refractivity contribution in [1.29, 1.82) is 0 Å². The van der Waals surface area contributed by atoms with E-state index < -0.39 is 12.5 Å². The third-order valence-corrected chi connectivity index (χ3v) is 8.67. The number of benzene rings is 3. The van der Waals surface area contributed by atoms with Crippen molar-refractivity contribution in [2.75, 3.05) is 18.6 Å². The Balaban J connectivity index is 1.35. The van der Waals surface area contributed by atoms with Crippen LogP contribution in [0.4, 0.5) is 11.4 Å². The van der Waals surface area contributed by atoms with E-state index in [1.54, 1.807) is 7.11 Å². The maximum absolute atomic E-state index is 12.7. The minimum atomic E-state index is -1.08. The molecule has 0 bridgehead atoms. The zero-order chi connectivity index (χ0) is 25.0. The number of carbonyl (C=O) groups excluding carboxylic acids is 1. The molecule has 1 amide bonds. The normalized spacial score (nSPS) is 22.0. The van der Waals surface area contributed by atoms with Gasteiger partial charge in [-0.3, -0.25) is 14.5 Å². The van der Waals surface area contributed by atoms with Crippen LogP contribution in [0.5, 0.6) is 5.75 Å². The molecule has 0 spiro atoms. The second-order valence-electron chi connectivity index (χ2n) is 9.35. The number of methoxy groups -OCH3 is 1.